The van der Waals surface area contributed by atoms with Crippen LogP contribution in [-0.4, -0.2) is 68.6 Å². The highest BCUT2D eigenvalue weighted by Crippen LogP contribution is 2.31. The lowest BCUT2D eigenvalue weighted by atomic mass is 9.99. The fraction of sp³-hybridized carbons (Fsp3) is 0.438. The molecular weight excluding hydrogens is 320 g/mol. The van der Waals surface area contributed by atoms with Gasteiger partial charge in [0.15, 0.2) is 17.3 Å². The third kappa shape index (κ3) is 4.11. The van der Waals surface area contributed by atoms with E-state index in [1.807, 2.05) is 0 Å². The number of hydrogen-bond acceptors (Lipinski definition) is 8. The van der Waals surface area contributed by atoms with Crippen LogP contribution < -0.4 is 4.74 Å². The van der Waals surface area contributed by atoms with Gasteiger partial charge >= 0.3 is 0 Å². The molecule has 1 aliphatic heterocycles. The number of rotatable bonds is 5. The van der Waals surface area contributed by atoms with E-state index >= 15 is 0 Å². The summed E-state index contributed by atoms with van der Waals surface area (Å²) in [5.41, 5.74) is 0.558. The van der Waals surface area contributed by atoms with Gasteiger partial charge in [0.2, 0.25) is 6.29 Å². The highest BCUT2D eigenvalue weighted by atomic mass is 16.7. The van der Waals surface area contributed by atoms with Crippen molar-refractivity contribution in [1.29, 1.82) is 0 Å². The van der Waals surface area contributed by atoms with Crippen LogP contribution in [0.25, 0.3) is 6.08 Å². The third-order valence-electron chi connectivity index (χ3n) is 3.59. The number of ketones is 1. The molecule has 0 aromatic heterocycles. The van der Waals surface area contributed by atoms with Gasteiger partial charge in [-0.2, -0.15) is 0 Å². The zero-order chi connectivity index (χ0) is 17.9. The molecule has 0 amide bonds. The Morgan fingerprint density at radius 3 is 2.58 bits per heavy atom. The molecule has 1 heterocycles. The number of carbonyl (C=O) groups excluding carboxylic acids is 1. The van der Waals surface area contributed by atoms with Gasteiger partial charge in [-0.05, 0) is 30.7 Å². The highest BCUT2D eigenvalue weighted by Gasteiger charge is 2.44. The molecule has 1 aromatic carbocycles. The van der Waals surface area contributed by atoms with Gasteiger partial charge in [0, 0.05) is 0 Å². The first-order chi connectivity index (χ1) is 11.3. The van der Waals surface area contributed by atoms with Gasteiger partial charge in [-0.15, -0.1) is 0 Å². The number of aliphatic hydroxyl groups is 4. The van der Waals surface area contributed by atoms with Crippen LogP contribution in [0.2, 0.25) is 0 Å². The van der Waals surface area contributed by atoms with E-state index in [2.05, 4.69) is 0 Å². The molecule has 5 unspecified atom stereocenters. The van der Waals surface area contributed by atoms with E-state index in [4.69, 9.17) is 14.6 Å². The Kier molecular flexibility index (Phi) is 5.92. The van der Waals surface area contributed by atoms with Gasteiger partial charge in [-0.25, -0.2) is 0 Å². The van der Waals surface area contributed by atoms with Crippen LogP contribution in [0.3, 0.4) is 0 Å². The molecule has 1 fully saturated rings. The van der Waals surface area contributed by atoms with Crippen LogP contribution >= 0.6 is 0 Å². The number of aliphatic hydroxyl groups excluding tert-OH is 4. The van der Waals surface area contributed by atoms with Crippen molar-refractivity contribution in [2.45, 2.75) is 37.6 Å². The van der Waals surface area contributed by atoms with Gasteiger partial charge in [-0.1, -0.05) is 12.1 Å². The minimum atomic E-state index is -1.58. The van der Waals surface area contributed by atoms with Crippen molar-refractivity contribution < 1.29 is 39.8 Å². The van der Waals surface area contributed by atoms with Crippen LogP contribution in [0.4, 0.5) is 0 Å². The minimum absolute atomic E-state index is 0.0509. The summed E-state index contributed by atoms with van der Waals surface area (Å²) >= 11 is 0. The van der Waals surface area contributed by atoms with Crippen molar-refractivity contribution in [2.75, 3.05) is 6.61 Å². The molecule has 5 N–H and O–H groups in total. The van der Waals surface area contributed by atoms with E-state index in [0.717, 1.165) is 0 Å². The molecule has 8 heteroatoms. The summed E-state index contributed by atoms with van der Waals surface area (Å²) in [7, 11) is 0. The van der Waals surface area contributed by atoms with Crippen molar-refractivity contribution in [2.24, 2.45) is 0 Å². The molecule has 0 spiro atoms. The molecule has 1 aliphatic rings. The second kappa shape index (κ2) is 7.73. The Morgan fingerprint density at radius 1 is 1.25 bits per heavy atom. The maximum Gasteiger partial charge on any atom is 0.229 e. The molecular formula is C16H20O8. The zero-order valence-electron chi connectivity index (χ0n) is 12.9. The molecule has 1 saturated heterocycles. The molecule has 0 aliphatic carbocycles. The van der Waals surface area contributed by atoms with Crippen molar-refractivity contribution >= 4 is 11.9 Å². The summed E-state index contributed by atoms with van der Waals surface area (Å²) in [5.74, 6) is -0.448. The molecule has 2 rings (SSSR count). The van der Waals surface area contributed by atoms with Crippen LogP contribution in [-0.2, 0) is 9.53 Å². The summed E-state index contributed by atoms with van der Waals surface area (Å²) < 4.78 is 10.6. The van der Waals surface area contributed by atoms with E-state index in [1.54, 1.807) is 6.07 Å². The van der Waals surface area contributed by atoms with Gasteiger partial charge in [-0.3, -0.25) is 4.79 Å². The molecule has 0 bridgehead atoms. The fourth-order valence-corrected chi connectivity index (χ4v) is 2.23. The quantitative estimate of drug-likeness (QED) is 0.438. The predicted octanol–water partition coefficient (Wildman–Crippen LogP) is -0.827. The first-order valence-electron chi connectivity index (χ1n) is 7.32. The maximum atomic E-state index is 11.0. The van der Waals surface area contributed by atoms with Crippen LogP contribution in [0.1, 0.15) is 12.5 Å². The minimum Gasteiger partial charge on any atom is -0.504 e. The molecule has 5 atom stereocenters. The van der Waals surface area contributed by atoms with Crippen LogP contribution in [0, 0.1) is 0 Å². The van der Waals surface area contributed by atoms with Crippen LogP contribution in [0.15, 0.2) is 24.3 Å². The Hall–Kier alpha value is -1.97. The number of carbonyl (C=O) groups is 1. The Bertz CT molecular complexity index is 612. The van der Waals surface area contributed by atoms with E-state index in [1.165, 1.54) is 31.2 Å². The number of benzene rings is 1. The lowest BCUT2D eigenvalue weighted by Crippen LogP contribution is -2.60. The Morgan fingerprint density at radius 2 is 1.96 bits per heavy atom. The van der Waals surface area contributed by atoms with E-state index in [-0.39, 0.29) is 17.3 Å². The maximum absolute atomic E-state index is 11.0. The Balaban J connectivity index is 2.20. The normalized spacial score (nSPS) is 30.5. The number of hydrogen-bond donors (Lipinski definition) is 5. The first kappa shape index (κ1) is 18.4. The average Bonchev–Trinajstić information content (AvgIpc) is 2.55. The van der Waals surface area contributed by atoms with E-state index in [9.17, 15) is 25.2 Å². The summed E-state index contributed by atoms with van der Waals surface area (Å²) in [4.78, 5) is 11.0. The summed E-state index contributed by atoms with van der Waals surface area (Å²) in [6.07, 6.45) is -4.33. The predicted molar refractivity (Wildman–Crippen MR) is 82.2 cm³/mol. The second-order valence-electron chi connectivity index (χ2n) is 5.49. The number of ether oxygens (including phenoxy) is 2. The van der Waals surface area contributed by atoms with Gasteiger partial charge in [0.1, 0.15) is 24.4 Å². The second-order valence-corrected chi connectivity index (χ2v) is 5.49. The molecule has 0 saturated carbocycles. The summed E-state index contributed by atoms with van der Waals surface area (Å²) in [6, 6.07) is 4.30. The monoisotopic (exact) mass is 340 g/mol. The fourth-order valence-electron chi connectivity index (χ4n) is 2.23. The van der Waals surface area contributed by atoms with Crippen molar-refractivity contribution in [3.05, 3.63) is 29.8 Å². The summed E-state index contributed by atoms with van der Waals surface area (Å²) in [5, 5.41) is 48.4. The molecule has 0 radical (unpaired) electrons. The number of phenolic OH excluding ortho intramolecular Hbond substituents is 1. The van der Waals surface area contributed by atoms with Crippen LogP contribution in [0.5, 0.6) is 11.5 Å². The van der Waals surface area contributed by atoms with Gasteiger partial charge < -0.3 is 35.0 Å². The number of phenols is 1. The average molecular weight is 340 g/mol. The number of aromatic hydroxyl groups is 1. The molecule has 1 aromatic rings. The standard InChI is InChI=1S/C16H20O8/c1-8(18)2-3-9-4-5-10(19)11(6-9)23-16-15(22)14(21)13(20)12(7-17)24-16/h2-6,12-17,19-22H,7H2,1H3. The van der Waals surface area contributed by atoms with E-state index < -0.39 is 37.3 Å². The largest absolute Gasteiger partial charge is 0.504 e. The van der Waals surface area contributed by atoms with Crippen molar-refractivity contribution in [3.8, 4) is 11.5 Å². The number of allylic oxidation sites excluding steroid dienone is 1. The topological polar surface area (TPSA) is 137 Å². The van der Waals surface area contributed by atoms with E-state index in [0.29, 0.717) is 5.56 Å². The van der Waals surface area contributed by atoms with Crippen molar-refractivity contribution in [1.82, 2.24) is 0 Å². The highest BCUT2D eigenvalue weighted by molar-refractivity contribution is 5.91. The molecule has 8 nitrogen and oxygen atoms in total. The lowest BCUT2D eigenvalue weighted by Gasteiger charge is -2.39. The Labute approximate surface area is 138 Å². The smallest absolute Gasteiger partial charge is 0.229 e. The lowest BCUT2D eigenvalue weighted by molar-refractivity contribution is -0.277. The zero-order valence-corrected chi connectivity index (χ0v) is 12.9. The van der Waals surface area contributed by atoms with Crippen molar-refractivity contribution in [3.63, 3.8) is 0 Å². The SMILES string of the molecule is CC(=O)C=Cc1ccc(O)c(OC2OC(CO)C(O)C(O)C2O)c1. The van der Waals surface area contributed by atoms with Gasteiger partial charge in [0.05, 0.1) is 6.61 Å². The third-order valence-corrected chi connectivity index (χ3v) is 3.59. The molecule has 132 valence electrons. The summed E-state index contributed by atoms with van der Waals surface area (Å²) in [6.45, 7) is 0.806. The van der Waals surface area contributed by atoms with Gasteiger partial charge in [0.25, 0.3) is 0 Å². The first-order valence-corrected chi connectivity index (χ1v) is 7.32. The molecule has 24 heavy (non-hydrogen) atoms.